The van der Waals surface area contributed by atoms with Gasteiger partial charge in [0.15, 0.2) is 5.11 Å². The summed E-state index contributed by atoms with van der Waals surface area (Å²) in [5.74, 6) is -1.20. The molecule has 1 aliphatic rings. The Kier molecular flexibility index (Phi) is 6.72. The molecule has 8 nitrogen and oxygen atoms in total. The van der Waals surface area contributed by atoms with Gasteiger partial charge < -0.3 is 15.0 Å². The number of carbonyl (C=O) groups is 1. The smallest absolute Gasteiger partial charge is 0.293 e. The van der Waals surface area contributed by atoms with Crippen LogP contribution in [0.15, 0.2) is 40.9 Å². The molecule has 0 saturated carbocycles. The molecule has 1 heterocycles. The van der Waals surface area contributed by atoms with E-state index < -0.39 is 16.6 Å². The van der Waals surface area contributed by atoms with Gasteiger partial charge in [-0.25, -0.2) is 4.39 Å². The summed E-state index contributed by atoms with van der Waals surface area (Å²) >= 11 is 8.19. The van der Waals surface area contributed by atoms with E-state index in [1.54, 1.807) is 6.07 Å². The van der Waals surface area contributed by atoms with Crippen molar-refractivity contribution in [2.75, 3.05) is 36.5 Å². The number of carbonyl (C=O) groups excluding carboxylic acids is 1. The predicted octanol–water partition coefficient (Wildman–Crippen LogP) is 3.46. The quantitative estimate of drug-likeness (QED) is 0.391. The van der Waals surface area contributed by atoms with Crippen molar-refractivity contribution in [2.45, 2.75) is 0 Å². The zero-order valence-corrected chi connectivity index (χ0v) is 17.4. The number of thiocarbonyl (C=S) groups is 1. The van der Waals surface area contributed by atoms with Gasteiger partial charge in [0.25, 0.3) is 11.6 Å². The number of ether oxygens (including phenoxy) is 1. The fourth-order valence-electron chi connectivity index (χ4n) is 2.80. The summed E-state index contributed by atoms with van der Waals surface area (Å²) in [5.41, 5.74) is 0.395. The average Bonchev–Trinajstić information content (AvgIpc) is 2.70. The Bertz CT molecular complexity index is 969. The van der Waals surface area contributed by atoms with Crippen LogP contribution in [0, 0.1) is 15.9 Å². The summed E-state index contributed by atoms with van der Waals surface area (Å²) in [7, 11) is 0. The molecule has 1 aliphatic heterocycles. The van der Waals surface area contributed by atoms with E-state index in [0.717, 1.165) is 0 Å². The van der Waals surface area contributed by atoms with Crippen molar-refractivity contribution in [3.8, 4) is 0 Å². The summed E-state index contributed by atoms with van der Waals surface area (Å²) < 4.78 is 19.7. The van der Waals surface area contributed by atoms with Gasteiger partial charge in [0.1, 0.15) is 11.5 Å². The molecule has 0 radical (unpaired) electrons. The number of nitrogens with zero attached hydrogens (tertiary/aromatic N) is 2. The fraction of sp³-hybridized carbons (Fsp3) is 0.222. The van der Waals surface area contributed by atoms with Crippen molar-refractivity contribution in [1.29, 1.82) is 0 Å². The third-order valence-electron chi connectivity index (χ3n) is 4.19. The molecule has 0 aliphatic carbocycles. The van der Waals surface area contributed by atoms with E-state index >= 15 is 0 Å². The second-order valence-corrected chi connectivity index (χ2v) is 7.42. The lowest BCUT2D eigenvalue weighted by Gasteiger charge is -2.28. The molecular weight excluding hydrogens is 467 g/mol. The lowest BCUT2D eigenvalue weighted by atomic mass is 10.1. The van der Waals surface area contributed by atoms with Crippen LogP contribution in [-0.4, -0.2) is 42.2 Å². The molecule has 2 aromatic carbocycles. The number of nitrogens with one attached hydrogen (secondary N) is 2. The van der Waals surface area contributed by atoms with Gasteiger partial charge in [0, 0.05) is 29.2 Å². The van der Waals surface area contributed by atoms with E-state index in [9.17, 15) is 19.3 Å². The Morgan fingerprint density at radius 3 is 2.62 bits per heavy atom. The Balaban J connectivity index is 1.73. The molecule has 2 N–H and O–H groups in total. The molecule has 1 saturated heterocycles. The van der Waals surface area contributed by atoms with Crippen LogP contribution in [0.2, 0.25) is 0 Å². The zero-order valence-electron chi connectivity index (χ0n) is 15.0. The second-order valence-electron chi connectivity index (χ2n) is 6.09. The molecule has 0 bridgehead atoms. The maximum atomic E-state index is 13.9. The Morgan fingerprint density at radius 1 is 1.24 bits per heavy atom. The molecule has 1 fully saturated rings. The summed E-state index contributed by atoms with van der Waals surface area (Å²) in [4.78, 5) is 25.3. The van der Waals surface area contributed by atoms with E-state index in [1.807, 2.05) is 4.90 Å². The molecule has 3 rings (SSSR count). The van der Waals surface area contributed by atoms with Gasteiger partial charge in [-0.1, -0.05) is 15.9 Å². The SMILES string of the molecule is O=C(NC(=S)Nc1ccc(Br)cc1F)c1ccc(N2CCOCC2)c([N+](=O)[O-])c1. The number of morpholine rings is 1. The molecule has 0 unspecified atom stereocenters. The minimum Gasteiger partial charge on any atom is -0.378 e. The number of nitro groups is 1. The third kappa shape index (κ3) is 5.25. The van der Waals surface area contributed by atoms with Gasteiger partial charge >= 0.3 is 0 Å². The van der Waals surface area contributed by atoms with E-state index in [1.165, 1.54) is 30.3 Å². The van der Waals surface area contributed by atoms with E-state index in [-0.39, 0.29) is 22.1 Å². The number of hydrogen-bond acceptors (Lipinski definition) is 6. The summed E-state index contributed by atoms with van der Waals surface area (Å²) in [6, 6.07) is 8.53. The van der Waals surface area contributed by atoms with Crippen molar-refractivity contribution < 1.29 is 18.8 Å². The molecule has 11 heteroatoms. The lowest BCUT2D eigenvalue weighted by molar-refractivity contribution is -0.384. The number of halogens is 2. The van der Waals surface area contributed by atoms with Crippen LogP contribution in [0.25, 0.3) is 0 Å². The highest BCUT2D eigenvalue weighted by molar-refractivity contribution is 9.10. The zero-order chi connectivity index (χ0) is 21.0. The number of rotatable bonds is 4. The van der Waals surface area contributed by atoms with Gasteiger partial charge in [0.2, 0.25) is 0 Å². The first-order valence-electron chi connectivity index (χ1n) is 8.53. The standard InChI is InChI=1S/C18H16BrFN4O4S/c19-12-2-3-14(13(20)10-12)21-18(29)22-17(25)11-1-4-15(16(9-11)24(26)27)23-5-7-28-8-6-23/h1-4,9-10H,5-8H2,(H2,21,22,25,29). The molecule has 2 aromatic rings. The Morgan fingerprint density at radius 2 is 1.97 bits per heavy atom. The minimum atomic E-state index is -0.642. The Hall–Kier alpha value is -2.63. The number of nitro benzene ring substituents is 1. The van der Waals surface area contributed by atoms with Crippen molar-refractivity contribution in [1.82, 2.24) is 5.32 Å². The van der Waals surface area contributed by atoms with Crippen LogP contribution in [-0.2, 0) is 4.74 Å². The van der Waals surface area contributed by atoms with Crippen LogP contribution in [0.1, 0.15) is 10.4 Å². The van der Waals surface area contributed by atoms with E-state index in [2.05, 4.69) is 26.6 Å². The molecule has 152 valence electrons. The first-order chi connectivity index (χ1) is 13.8. The van der Waals surface area contributed by atoms with Crippen molar-refractivity contribution >= 4 is 56.2 Å². The Labute approximate surface area is 179 Å². The molecule has 29 heavy (non-hydrogen) atoms. The molecule has 0 atom stereocenters. The largest absolute Gasteiger partial charge is 0.378 e. The maximum absolute atomic E-state index is 13.9. The normalized spacial score (nSPS) is 13.7. The summed E-state index contributed by atoms with van der Waals surface area (Å²) in [6.07, 6.45) is 0. The second kappa shape index (κ2) is 9.25. The van der Waals surface area contributed by atoms with Crippen LogP contribution in [0.5, 0.6) is 0 Å². The van der Waals surface area contributed by atoms with Crippen LogP contribution in [0.4, 0.5) is 21.5 Å². The average molecular weight is 483 g/mol. The van der Waals surface area contributed by atoms with Gasteiger partial charge in [-0.2, -0.15) is 0 Å². The van der Waals surface area contributed by atoms with Gasteiger partial charge in [-0.05, 0) is 42.5 Å². The number of amides is 1. The predicted molar refractivity (Wildman–Crippen MR) is 114 cm³/mol. The number of benzene rings is 2. The molecule has 0 aromatic heterocycles. The van der Waals surface area contributed by atoms with E-state index in [0.29, 0.717) is 36.5 Å². The van der Waals surface area contributed by atoms with Crippen molar-refractivity contribution in [3.63, 3.8) is 0 Å². The van der Waals surface area contributed by atoms with Gasteiger partial charge in [0.05, 0.1) is 23.8 Å². The van der Waals surface area contributed by atoms with Crippen molar-refractivity contribution in [2.24, 2.45) is 0 Å². The highest BCUT2D eigenvalue weighted by Gasteiger charge is 2.23. The van der Waals surface area contributed by atoms with Crippen LogP contribution >= 0.6 is 28.1 Å². The van der Waals surface area contributed by atoms with Gasteiger partial charge in [-0.15, -0.1) is 0 Å². The van der Waals surface area contributed by atoms with Crippen molar-refractivity contribution in [3.05, 3.63) is 62.4 Å². The topological polar surface area (TPSA) is 96.7 Å². The monoisotopic (exact) mass is 482 g/mol. The molecule has 1 amide bonds. The first-order valence-corrected chi connectivity index (χ1v) is 9.74. The number of anilines is 2. The molecular formula is C18H16BrFN4O4S. The third-order valence-corrected chi connectivity index (χ3v) is 4.89. The minimum absolute atomic E-state index is 0.0640. The van der Waals surface area contributed by atoms with Crippen LogP contribution < -0.4 is 15.5 Å². The lowest BCUT2D eigenvalue weighted by Crippen LogP contribution is -2.37. The van der Waals surface area contributed by atoms with Gasteiger partial charge in [-0.3, -0.25) is 20.2 Å². The highest BCUT2D eigenvalue weighted by Crippen LogP contribution is 2.30. The maximum Gasteiger partial charge on any atom is 0.293 e. The molecule has 0 spiro atoms. The number of hydrogen-bond donors (Lipinski definition) is 2. The first kappa shape index (κ1) is 21.1. The highest BCUT2D eigenvalue weighted by atomic mass is 79.9. The summed E-state index contributed by atoms with van der Waals surface area (Å²) in [5, 5.41) is 16.4. The summed E-state index contributed by atoms with van der Waals surface area (Å²) in [6.45, 7) is 2.01. The van der Waals surface area contributed by atoms with Crippen LogP contribution in [0.3, 0.4) is 0 Å². The fourth-order valence-corrected chi connectivity index (χ4v) is 3.34. The van der Waals surface area contributed by atoms with E-state index in [4.69, 9.17) is 17.0 Å².